The van der Waals surface area contributed by atoms with Crippen molar-refractivity contribution in [3.8, 4) is 11.5 Å². The molecule has 37 heavy (non-hydrogen) atoms. The number of carbonyl (C=O) groups is 3. The van der Waals surface area contributed by atoms with Crippen LogP contribution in [0.5, 0.6) is 11.5 Å². The number of urea groups is 1. The predicted molar refractivity (Wildman–Crippen MR) is 138 cm³/mol. The highest BCUT2D eigenvalue weighted by Gasteiger charge is 2.36. The van der Waals surface area contributed by atoms with E-state index in [1.165, 1.54) is 18.2 Å². The number of nitro groups is 1. The highest BCUT2D eigenvalue weighted by Crippen LogP contribution is 2.38. The number of carbonyl (C=O) groups excluding carboxylic acids is 3. The number of barbiturate groups is 1. The molecule has 3 aromatic rings. The van der Waals surface area contributed by atoms with Gasteiger partial charge in [0.2, 0.25) is 0 Å². The van der Waals surface area contributed by atoms with Crippen molar-refractivity contribution in [2.45, 2.75) is 13.5 Å². The zero-order valence-electron chi connectivity index (χ0n) is 19.5. The molecule has 0 bridgehead atoms. The molecule has 0 unspecified atom stereocenters. The number of ether oxygens (including phenoxy) is 2. The Morgan fingerprint density at radius 1 is 1.03 bits per heavy atom. The molecule has 1 heterocycles. The number of rotatable bonds is 8. The van der Waals surface area contributed by atoms with Crippen LogP contribution in [0.1, 0.15) is 18.1 Å². The molecule has 4 rings (SSSR count). The maximum absolute atomic E-state index is 13.1. The smallest absolute Gasteiger partial charge is 0.335 e. The molecule has 0 aromatic heterocycles. The summed E-state index contributed by atoms with van der Waals surface area (Å²) >= 11 is 3.45. The number of nitro benzene ring substituents is 1. The Labute approximate surface area is 219 Å². The first-order valence-electron chi connectivity index (χ1n) is 11.1. The summed E-state index contributed by atoms with van der Waals surface area (Å²) in [5.41, 5.74) is 1.25. The highest BCUT2D eigenvalue weighted by molar-refractivity contribution is 9.10. The SMILES string of the molecule is CCOc1cc(/C=C2/C(=O)NC(=O)N(c3ccccc3)C2=O)cc(Br)c1OCc1ccc([N+](=O)[O-])cc1. The van der Waals surface area contributed by atoms with E-state index in [1.54, 1.807) is 61.5 Å². The number of amides is 4. The van der Waals surface area contributed by atoms with Gasteiger partial charge in [-0.1, -0.05) is 18.2 Å². The number of anilines is 1. The molecule has 1 N–H and O–H groups in total. The van der Waals surface area contributed by atoms with Crippen LogP contribution in [0.3, 0.4) is 0 Å². The van der Waals surface area contributed by atoms with Crippen LogP contribution in [-0.4, -0.2) is 29.4 Å². The van der Waals surface area contributed by atoms with Crippen molar-refractivity contribution < 1.29 is 28.8 Å². The number of nitrogens with one attached hydrogen (secondary N) is 1. The van der Waals surface area contributed by atoms with E-state index >= 15 is 0 Å². The lowest BCUT2D eigenvalue weighted by molar-refractivity contribution is -0.384. The number of para-hydroxylation sites is 1. The number of nitrogens with zero attached hydrogens (tertiary/aromatic N) is 2. The van der Waals surface area contributed by atoms with Crippen LogP contribution < -0.4 is 19.7 Å². The summed E-state index contributed by atoms with van der Waals surface area (Å²) in [5.74, 6) is -0.838. The van der Waals surface area contributed by atoms with Gasteiger partial charge >= 0.3 is 6.03 Å². The Morgan fingerprint density at radius 2 is 1.73 bits per heavy atom. The number of benzene rings is 3. The van der Waals surface area contributed by atoms with E-state index in [9.17, 15) is 24.5 Å². The average Bonchev–Trinajstić information content (AvgIpc) is 2.87. The molecule has 0 atom stereocenters. The van der Waals surface area contributed by atoms with Crippen molar-refractivity contribution in [1.82, 2.24) is 5.32 Å². The lowest BCUT2D eigenvalue weighted by Gasteiger charge is -2.26. The molecular formula is C26H20BrN3O7. The van der Waals surface area contributed by atoms with Crippen LogP contribution in [0.25, 0.3) is 6.08 Å². The second-order valence-electron chi connectivity index (χ2n) is 7.77. The number of hydrogen-bond donors (Lipinski definition) is 1. The van der Waals surface area contributed by atoms with Gasteiger partial charge in [-0.2, -0.15) is 0 Å². The molecule has 0 radical (unpaired) electrons. The monoisotopic (exact) mass is 565 g/mol. The third kappa shape index (κ3) is 5.67. The van der Waals surface area contributed by atoms with Gasteiger partial charge in [-0.25, -0.2) is 9.69 Å². The van der Waals surface area contributed by atoms with Gasteiger partial charge < -0.3 is 9.47 Å². The Hall–Kier alpha value is -4.51. The third-order valence-electron chi connectivity index (χ3n) is 5.29. The van der Waals surface area contributed by atoms with Gasteiger partial charge in [-0.3, -0.25) is 25.0 Å². The lowest BCUT2D eigenvalue weighted by atomic mass is 10.1. The Balaban J connectivity index is 1.62. The minimum Gasteiger partial charge on any atom is -0.490 e. The van der Waals surface area contributed by atoms with Crippen molar-refractivity contribution in [3.63, 3.8) is 0 Å². The lowest BCUT2D eigenvalue weighted by Crippen LogP contribution is -2.54. The first-order chi connectivity index (χ1) is 17.8. The highest BCUT2D eigenvalue weighted by atomic mass is 79.9. The molecule has 11 heteroatoms. The van der Waals surface area contributed by atoms with Crippen LogP contribution in [0.15, 0.2) is 76.8 Å². The van der Waals surface area contributed by atoms with Gasteiger partial charge in [0.15, 0.2) is 11.5 Å². The quantitative estimate of drug-likeness (QED) is 0.176. The Morgan fingerprint density at radius 3 is 2.38 bits per heavy atom. The molecular weight excluding hydrogens is 546 g/mol. The molecule has 1 aliphatic heterocycles. The summed E-state index contributed by atoms with van der Waals surface area (Å²) in [6.07, 6.45) is 1.37. The molecule has 1 aliphatic rings. The predicted octanol–water partition coefficient (Wildman–Crippen LogP) is 5.00. The molecule has 0 saturated carbocycles. The molecule has 4 amide bonds. The normalized spacial score (nSPS) is 14.5. The van der Waals surface area contributed by atoms with E-state index in [4.69, 9.17) is 9.47 Å². The fraction of sp³-hybridized carbons (Fsp3) is 0.115. The van der Waals surface area contributed by atoms with Crippen molar-refractivity contribution in [2.75, 3.05) is 11.5 Å². The first kappa shape index (κ1) is 25.6. The van der Waals surface area contributed by atoms with E-state index in [2.05, 4.69) is 21.2 Å². The van der Waals surface area contributed by atoms with Gasteiger partial charge in [0.1, 0.15) is 12.2 Å². The first-order valence-corrected chi connectivity index (χ1v) is 11.9. The van der Waals surface area contributed by atoms with Crippen molar-refractivity contribution in [1.29, 1.82) is 0 Å². The van der Waals surface area contributed by atoms with Crippen molar-refractivity contribution >= 4 is 51.2 Å². The zero-order chi connectivity index (χ0) is 26.5. The fourth-order valence-corrected chi connectivity index (χ4v) is 4.15. The van der Waals surface area contributed by atoms with E-state index in [0.29, 0.717) is 39.4 Å². The molecule has 188 valence electrons. The molecule has 0 spiro atoms. The number of hydrogen-bond acceptors (Lipinski definition) is 7. The minimum absolute atomic E-state index is 0.0221. The van der Waals surface area contributed by atoms with E-state index in [0.717, 1.165) is 4.90 Å². The number of halogens is 1. The summed E-state index contributed by atoms with van der Waals surface area (Å²) in [6.45, 7) is 2.23. The maximum Gasteiger partial charge on any atom is 0.335 e. The molecule has 3 aromatic carbocycles. The molecule has 0 aliphatic carbocycles. The molecule has 1 saturated heterocycles. The second kappa shape index (κ2) is 11.0. The third-order valence-corrected chi connectivity index (χ3v) is 5.88. The number of imide groups is 2. The zero-order valence-corrected chi connectivity index (χ0v) is 21.1. The van der Waals surface area contributed by atoms with Crippen LogP contribution >= 0.6 is 15.9 Å². The summed E-state index contributed by atoms with van der Waals surface area (Å²) in [5, 5.41) is 13.0. The summed E-state index contributed by atoms with van der Waals surface area (Å²) in [6, 6.07) is 16.7. The van der Waals surface area contributed by atoms with Gasteiger partial charge in [0.25, 0.3) is 17.5 Å². The largest absolute Gasteiger partial charge is 0.490 e. The number of non-ortho nitro benzene ring substituents is 1. The summed E-state index contributed by atoms with van der Waals surface area (Å²) < 4.78 is 12.1. The van der Waals surface area contributed by atoms with Crippen molar-refractivity contribution in [2.24, 2.45) is 0 Å². The fourth-order valence-electron chi connectivity index (χ4n) is 3.58. The van der Waals surface area contributed by atoms with Gasteiger partial charge in [-0.15, -0.1) is 0 Å². The van der Waals surface area contributed by atoms with Gasteiger partial charge in [-0.05, 0) is 76.5 Å². The van der Waals surface area contributed by atoms with Crippen LogP contribution in [-0.2, 0) is 16.2 Å². The van der Waals surface area contributed by atoms with Gasteiger partial charge in [0, 0.05) is 12.1 Å². The van der Waals surface area contributed by atoms with E-state index in [1.807, 2.05) is 0 Å². The summed E-state index contributed by atoms with van der Waals surface area (Å²) in [4.78, 5) is 49.3. The Kier molecular flexibility index (Phi) is 7.63. The standard InChI is InChI=1S/C26H20BrN3O7/c1-2-36-22-14-17(13-21(27)23(22)37-15-16-8-10-19(11-9-16)30(34)35)12-20-24(31)28-26(33)29(25(20)32)18-6-4-3-5-7-18/h3-14H,2,15H2,1H3,(H,28,31,33)/b20-12-. The molecule has 1 fully saturated rings. The summed E-state index contributed by atoms with van der Waals surface area (Å²) in [7, 11) is 0. The average molecular weight is 566 g/mol. The van der Waals surface area contributed by atoms with Crippen LogP contribution in [0.2, 0.25) is 0 Å². The van der Waals surface area contributed by atoms with Crippen LogP contribution in [0.4, 0.5) is 16.2 Å². The van der Waals surface area contributed by atoms with Gasteiger partial charge in [0.05, 0.1) is 21.7 Å². The Bertz CT molecular complexity index is 1410. The van der Waals surface area contributed by atoms with E-state index < -0.39 is 22.8 Å². The van der Waals surface area contributed by atoms with Crippen LogP contribution in [0, 0.1) is 10.1 Å². The second-order valence-corrected chi connectivity index (χ2v) is 8.62. The minimum atomic E-state index is -0.829. The topological polar surface area (TPSA) is 128 Å². The maximum atomic E-state index is 13.1. The van der Waals surface area contributed by atoms with Crippen molar-refractivity contribution in [3.05, 3.63) is 98.0 Å². The van der Waals surface area contributed by atoms with E-state index in [-0.39, 0.29) is 17.9 Å². The molecule has 10 nitrogen and oxygen atoms in total.